The van der Waals surface area contributed by atoms with Crippen molar-refractivity contribution >= 4 is 5.97 Å². The van der Waals surface area contributed by atoms with Crippen LogP contribution in [0.1, 0.15) is 40.0 Å². The highest BCUT2D eigenvalue weighted by Crippen LogP contribution is 2.45. The van der Waals surface area contributed by atoms with Gasteiger partial charge >= 0.3 is 5.97 Å². The average molecular weight is 491 g/mol. The van der Waals surface area contributed by atoms with Crippen LogP contribution in [0.15, 0.2) is 47.1 Å². The van der Waals surface area contributed by atoms with Crippen LogP contribution in [0.25, 0.3) is 0 Å². The fourth-order valence-corrected chi connectivity index (χ4v) is 5.54. The molecule has 0 radical (unpaired) electrons. The van der Waals surface area contributed by atoms with Crippen molar-refractivity contribution < 1.29 is 38.7 Å². The molecule has 35 heavy (non-hydrogen) atoms. The summed E-state index contributed by atoms with van der Waals surface area (Å²) in [6.45, 7) is 6.62. The van der Waals surface area contributed by atoms with Gasteiger partial charge in [0.25, 0.3) is 0 Å². The number of fused-ring (bicyclic) bond motifs is 2. The van der Waals surface area contributed by atoms with Crippen LogP contribution in [0, 0.1) is 11.8 Å². The Balaban J connectivity index is 1.72. The summed E-state index contributed by atoms with van der Waals surface area (Å²) in [6.07, 6.45) is 8.72. The van der Waals surface area contributed by atoms with Gasteiger partial charge in [-0.25, -0.2) is 0 Å². The second kappa shape index (κ2) is 11.1. The van der Waals surface area contributed by atoms with Gasteiger partial charge in [0.1, 0.15) is 36.6 Å². The molecule has 4 rings (SSSR count). The lowest BCUT2D eigenvalue weighted by Crippen LogP contribution is -2.57. The second-order valence-corrected chi connectivity index (χ2v) is 10.1. The van der Waals surface area contributed by atoms with Gasteiger partial charge in [0.2, 0.25) is 0 Å². The smallest absolute Gasteiger partial charge is 0.316 e. The van der Waals surface area contributed by atoms with E-state index < -0.39 is 29.7 Å². The van der Waals surface area contributed by atoms with Crippen molar-refractivity contribution in [3.8, 4) is 0 Å². The van der Waals surface area contributed by atoms with Crippen molar-refractivity contribution in [2.45, 2.75) is 76.2 Å². The van der Waals surface area contributed by atoms with Gasteiger partial charge in [-0.2, -0.15) is 0 Å². The maximum absolute atomic E-state index is 13.4. The van der Waals surface area contributed by atoms with Crippen LogP contribution in [-0.4, -0.2) is 79.4 Å². The van der Waals surface area contributed by atoms with E-state index in [1.165, 1.54) is 0 Å². The minimum atomic E-state index is -1.69. The van der Waals surface area contributed by atoms with Gasteiger partial charge in [-0.15, -0.1) is 0 Å². The van der Waals surface area contributed by atoms with E-state index in [4.69, 9.17) is 23.7 Å². The molecule has 2 unspecified atom stereocenters. The maximum atomic E-state index is 13.4. The first-order valence-corrected chi connectivity index (χ1v) is 12.4. The molecule has 0 aromatic carbocycles. The molecule has 2 N–H and O–H groups in total. The fourth-order valence-electron chi connectivity index (χ4n) is 5.54. The first kappa shape index (κ1) is 26.3. The monoisotopic (exact) mass is 490 g/mol. The predicted molar refractivity (Wildman–Crippen MR) is 128 cm³/mol. The summed E-state index contributed by atoms with van der Waals surface area (Å²) in [5.41, 5.74) is 0.507. The van der Waals surface area contributed by atoms with E-state index in [9.17, 15) is 15.0 Å². The molecule has 0 saturated carbocycles. The highest BCUT2D eigenvalue weighted by atomic mass is 16.7. The summed E-state index contributed by atoms with van der Waals surface area (Å²) < 4.78 is 28.8. The highest BCUT2D eigenvalue weighted by Gasteiger charge is 2.59. The molecular weight excluding hydrogens is 452 g/mol. The number of allylic oxidation sites excluding steroid dienone is 2. The molecule has 2 bridgehead atoms. The van der Waals surface area contributed by atoms with Crippen LogP contribution in [-0.2, 0) is 28.5 Å². The van der Waals surface area contributed by atoms with Crippen LogP contribution in [0.4, 0.5) is 0 Å². The first-order valence-electron chi connectivity index (χ1n) is 12.4. The van der Waals surface area contributed by atoms with Crippen molar-refractivity contribution in [1.29, 1.82) is 0 Å². The Morgan fingerprint density at radius 3 is 2.77 bits per heavy atom. The summed E-state index contributed by atoms with van der Waals surface area (Å²) in [5, 5.41) is 22.6. The van der Waals surface area contributed by atoms with Gasteiger partial charge < -0.3 is 33.9 Å². The summed E-state index contributed by atoms with van der Waals surface area (Å²) in [6, 6.07) is 0. The van der Waals surface area contributed by atoms with Crippen molar-refractivity contribution in [1.82, 2.24) is 0 Å². The Labute approximate surface area is 207 Å². The number of aliphatic hydroxyl groups excluding tert-OH is 1. The average Bonchev–Trinajstić information content (AvgIpc) is 3.17. The Kier molecular flexibility index (Phi) is 8.30. The van der Waals surface area contributed by atoms with E-state index in [1.807, 2.05) is 19.1 Å². The van der Waals surface area contributed by atoms with E-state index in [0.717, 1.165) is 5.57 Å². The SMILES string of the molecule is COCO[C@@H]1/C(C)=C\C[C@@H]2CC(CCO2)OC(=O)C2C=C(C)[C@@H](O)[C@H]3OCC(=C/C=C/[C@H]1C)[C@@]23O. The maximum Gasteiger partial charge on any atom is 0.316 e. The summed E-state index contributed by atoms with van der Waals surface area (Å²) in [5.74, 6) is -1.46. The van der Waals surface area contributed by atoms with Gasteiger partial charge in [0.05, 0.1) is 25.4 Å². The molecule has 0 aromatic rings. The topological polar surface area (TPSA) is 104 Å². The molecule has 8 nitrogen and oxygen atoms in total. The van der Waals surface area contributed by atoms with E-state index >= 15 is 0 Å². The number of aliphatic hydroxyl groups is 2. The standard InChI is InChI=1S/C27H38O8/c1-16-6-5-7-19-14-33-25-23(28)18(3)12-22(27(19,25)30)26(29)35-21-10-11-32-20(13-21)9-8-17(2)24(16)34-15-31-4/h5-8,12,16,20-25,28,30H,9-11,13-15H2,1-4H3/b6-5+,17-8-,19-7?/t16-,20-,21?,22?,23-,24+,25-,27-/m1/s1. The van der Waals surface area contributed by atoms with Gasteiger partial charge in [-0.05, 0) is 37.0 Å². The van der Waals surface area contributed by atoms with Crippen LogP contribution in [0.3, 0.4) is 0 Å². The molecule has 194 valence electrons. The van der Waals surface area contributed by atoms with Gasteiger partial charge in [0, 0.05) is 25.9 Å². The molecular formula is C27H38O8. The highest BCUT2D eigenvalue weighted by molar-refractivity contribution is 5.78. The molecule has 0 amide bonds. The summed E-state index contributed by atoms with van der Waals surface area (Å²) in [4.78, 5) is 13.4. The number of hydrogen-bond donors (Lipinski definition) is 2. The van der Waals surface area contributed by atoms with Crippen LogP contribution >= 0.6 is 0 Å². The van der Waals surface area contributed by atoms with Gasteiger partial charge in [-0.1, -0.05) is 37.3 Å². The Morgan fingerprint density at radius 2 is 2.00 bits per heavy atom. The normalized spacial score (nSPS) is 42.7. The second-order valence-electron chi connectivity index (χ2n) is 10.1. The van der Waals surface area contributed by atoms with Crippen molar-refractivity contribution in [2.24, 2.45) is 11.8 Å². The molecule has 8 atom stereocenters. The van der Waals surface area contributed by atoms with Crippen molar-refractivity contribution in [2.75, 3.05) is 27.1 Å². The van der Waals surface area contributed by atoms with Crippen LogP contribution in [0.2, 0.25) is 0 Å². The fraction of sp³-hybridized carbons (Fsp3) is 0.667. The van der Waals surface area contributed by atoms with Crippen molar-refractivity contribution in [3.63, 3.8) is 0 Å². The number of rotatable bonds is 3. The third-order valence-electron chi connectivity index (χ3n) is 7.59. The number of esters is 1. The quantitative estimate of drug-likeness (QED) is 0.354. The molecule has 1 aliphatic carbocycles. The molecule has 0 spiro atoms. The zero-order valence-corrected chi connectivity index (χ0v) is 21.0. The van der Waals surface area contributed by atoms with Crippen molar-refractivity contribution in [3.05, 3.63) is 47.1 Å². The number of methoxy groups -OCH3 is 1. The molecule has 8 heteroatoms. The summed E-state index contributed by atoms with van der Waals surface area (Å²) >= 11 is 0. The van der Waals surface area contributed by atoms with Gasteiger partial charge in [0.15, 0.2) is 0 Å². The van der Waals surface area contributed by atoms with E-state index in [-0.39, 0.29) is 37.6 Å². The van der Waals surface area contributed by atoms with E-state index in [0.29, 0.717) is 37.0 Å². The van der Waals surface area contributed by atoms with Gasteiger partial charge in [-0.3, -0.25) is 4.79 Å². The molecule has 3 aliphatic heterocycles. The Morgan fingerprint density at radius 1 is 1.20 bits per heavy atom. The largest absolute Gasteiger partial charge is 0.462 e. The predicted octanol–water partition coefficient (Wildman–Crippen LogP) is 2.60. The molecule has 0 aromatic heterocycles. The van der Waals surface area contributed by atoms with E-state index in [2.05, 4.69) is 13.0 Å². The molecule has 4 aliphatic rings. The third kappa shape index (κ3) is 5.33. The Bertz CT molecular complexity index is 905. The molecule has 3 heterocycles. The lowest BCUT2D eigenvalue weighted by Gasteiger charge is -2.41. The summed E-state index contributed by atoms with van der Waals surface area (Å²) in [7, 11) is 1.60. The molecule has 2 saturated heterocycles. The Hall–Kier alpha value is -1.81. The van der Waals surface area contributed by atoms with Crippen LogP contribution in [0.5, 0.6) is 0 Å². The zero-order valence-electron chi connectivity index (χ0n) is 21.0. The zero-order chi connectivity index (χ0) is 25.2. The molecule has 2 fully saturated rings. The number of ether oxygens (including phenoxy) is 5. The minimum Gasteiger partial charge on any atom is -0.462 e. The first-order chi connectivity index (χ1) is 16.8. The number of hydrogen-bond acceptors (Lipinski definition) is 8. The minimum absolute atomic E-state index is 0.0128. The lowest BCUT2D eigenvalue weighted by atomic mass is 9.71. The number of carbonyl (C=O) groups excluding carboxylic acids is 1. The third-order valence-corrected chi connectivity index (χ3v) is 7.59. The lowest BCUT2D eigenvalue weighted by molar-refractivity contribution is -0.173. The van der Waals surface area contributed by atoms with E-state index in [1.54, 1.807) is 26.2 Å². The van der Waals surface area contributed by atoms with Crippen LogP contribution < -0.4 is 0 Å². The number of carbonyl (C=O) groups is 1.